The molecule has 1 fully saturated rings. The van der Waals surface area contributed by atoms with E-state index in [4.69, 9.17) is 0 Å². The Morgan fingerprint density at radius 1 is 1.31 bits per heavy atom. The zero-order chi connectivity index (χ0) is 11.6. The van der Waals surface area contributed by atoms with Crippen LogP contribution in [0.25, 0.3) is 6.08 Å². The second-order valence-corrected chi connectivity index (χ2v) is 5.28. The Hall–Kier alpha value is -1.57. The monoisotopic (exact) mass is 214 g/mol. The highest BCUT2D eigenvalue weighted by Gasteiger charge is 2.75. The van der Waals surface area contributed by atoms with E-state index in [-0.39, 0.29) is 16.7 Å². The number of aliphatic carboxylic acids is 1. The first-order valence-electron chi connectivity index (χ1n) is 5.53. The maximum absolute atomic E-state index is 11.3. The molecule has 0 bridgehead atoms. The Bertz CT molecular complexity index is 513. The summed E-state index contributed by atoms with van der Waals surface area (Å²) in [6, 6.07) is 8.09. The summed E-state index contributed by atoms with van der Waals surface area (Å²) in [6.45, 7) is 4.08. The van der Waals surface area contributed by atoms with Gasteiger partial charge in [-0.05, 0) is 16.5 Å². The molecule has 0 radical (unpaired) electrons. The number of carboxylic acids is 1. The maximum Gasteiger partial charge on any atom is 0.308 e. The predicted molar refractivity (Wildman–Crippen MR) is 62.1 cm³/mol. The number of fused-ring (bicyclic) bond motifs is 2. The van der Waals surface area contributed by atoms with Crippen molar-refractivity contribution in [3.63, 3.8) is 0 Å². The molecule has 0 aromatic heterocycles. The van der Waals surface area contributed by atoms with Crippen LogP contribution in [0, 0.1) is 11.3 Å². The third-order valence-electron chi connectivity index (χ3n) is 4.34. The number of carboxylic acid groups (broad SMARTS) is 1. The van der Waals surface area contributed by atoms with Crippen molar-refractivity contribution in [3.8, 4) is 0 Å². The van der Waals surface area contributed by atoms with Crippen LogP contribution in [0.4, 0.5) is 0 Å². The van der Waals surface area contributed by atoms with Gasteiger partial charge in [0.15, 0.2) is 0 Å². The van der Waals surface area contributed by atoms with E-state index in [0.29, 0.717) is 0 Å². The van der Waals surface area contributed by atoms with Gasteiger partial charge in [-0.15, -0.1) is 0 Å². The summed E-state index contributed by atoms with van der Waals surface area (Å²) in [4.78, 5) is 11.3. The zero-order valence-electron chi connectivity index (χ0n) is 9.40. The van der Waals surface area contributed by atoms with Crippen LogP contribution in [0.2, 0.25) is 0 Å². The SMILES string of the molecule is CC1(C)C(C(=O)O)C12C=Cc1ccccc12. The first-order valence-corrected chi connectivity index (χ1v) is 5.53. The lowest BCUT2D eigenvalue weighted by Crippen LogP contribution is -2.11. The fraction of sp³-hybridized carbons (Fsp3) is 0.357. The molecule has 82 valence electrons. The zero-order valence-corrected chi connectivity index (χ0v) is 9.40. The molecule has 0 heterocycles. The molecule has 1 aromatic carbocycles. The van der Waals surface area contributed by atoms with E-state index in [0.717, 1.165) is 0 Å². The topological polar surface area (TPSA) is 37.3 Å². The van der Waals surface area contributed by atoms with Gasteiger partial charge in [-0.25, -0.2) is 0 Å². The van der Waals surface area contributed by atoms with Gasteiger partial charge in [0.25, 0.3) is 0 Å². The normalized spacial score (nSPS) is 32.8. The van der Waals surface area contributed by atoms with Gasteiger partial charge in [0.05, 0.1) is 5.92 Å². The lowest BCUT2D eigenvalue weighted by atomic mass is 9.90. The highest BCUT2D eigenvalue weighted by molar-refractivity contribution is 5.85. The molecule has 0 saturated heterocycles. The predicted octanol–water partition coefficient (Wildman–Crippen LogP) is 2.69. The molecular formula is C14H14O2. The maximum atomic E-state index is 11.3. The molecule has 2 aliphatic rings. The Morgan fingerprint density at radius 3 is 2.62 bits per heavy atom. The van der Waals surface area contributed by atoms with Crippen LogP contribution in [0.5, 0.6) is 0 Å². The van der Waals surface area contributed by atoms with E-state index < -0.39 is 5.97 Å². The van der Waals surface area contributed by atoms with E-state index >= 15 is 0 Å². The third-order valence-corrected chi connectivity index (χ3v) is 4.34. The fourth-order valence-corrected chi connectivity index (χ4v) is 3.44. The fourth-order valence-electron chi connectivity index (χ4n) is 3.44. The molecule has 1 spiro atoms. The largest absolute Gasteiger partial charge is 0.481 e. The van der Waals surface area contributed by atoms with Crippen molar-refractivity contribution in [2.75, 3.05) is 0 Å². The van der Waals surface area contributed by atoms with E-state index in [1.54, 1.807) is 0 Å². The number of carbonyl (C=O) groups is 1. The molecule has 0 amide bonds. The van der Waals surface area contributed by atoms with Crippen LogP contribution in [0.15, 0.2) is 30.3 Å². The minimum absolute atomic E-state index is 0.179. The molecule has 2 heteroatoms. The quantitative estimate of drug-likeness (QED) is 0.780. The lowest BCUT2D eigenvalue weighted by Gasteiger charge is -2.13. The molecule has 2 nitrogen and oxygen atoms in total. The van der Waals surface area contributed by atoms with Crippen LogP contribution in [-0.2, 0) is 10.2 Å². The first-order chi connectivity index (χ1) is 7.52. The van der Waals surface area contributed by atoms with Crippen molar-refractivity contribution in [3.05, 3.63) is 41.5 Å². The molecule has 1 saturated carbocycles. The smallest absolute Gasteiger partial charge is 0.308 e. The first kappa shape index (κ1) is 9.64. The van der Waals surface area contributed by atoms with Gasteiger partial charge in [0.1, 0.15) is 0 Å². The standard InChI is InChI=1S/C14H14O2/c1-13(2)11(12(15)16)14(13)8-7-9-5-3-4-6-10(9)14/h3-8,11H,1-2H3,(H,15,16). The minimum Gasteiger partial charge on any atom is -0.481 e. The molecule has 0 aliphatic heterocycles. The number of hydrogen-bond acceptors (Lipinski definition) is 1. The summed E-state index contributed by atoms with van der Waals surface area (Å²) in [6.07, 6.45) is 4.14. The van der Waals surface area contributed by atoms with Gasteiger partial charge in [-0.3, -0.25) is 4.79 Å². The van der Waals surface area contributed by atoms with Crippen LogP contribution in [0.1, 0.15) is 25.0 Å². The highest BCUT2D eigenvalue weighted by Crippen LogP contribution is 2.72. The Labute approximate surface area is 94.6 Å². The third kappa shape index (κ3) is 0.823. The van der Waals surface area contributed by atoms with Crippen LogP contribution >= 0.6 is 0 Å². The van der Waals surface area contributed by atoms with Crippen molar-refractivity contribution >= 4 is 12.0 Å². The van der Waals surface area contributed by atoms with Crippen LogP contribution in [0.3, 0.4) is 0 Å². The molecule has 2 atom stereocenters. The molecule has 2 unspecified atom stereocenters. The molecule has 16 heavy (non-hydrogen) atoms. The van der Waals surface area contributed by atoms with Gasteiger partial charge < -0.3 is 5.11 Å². The summed E-state index contributed by atoms with van der Waals surface area (Å²) in [7, 11) is 0. The number of rotatable bonds is 1. The van der Waals surface area contributed by atoms with Crippen molar-refractivity contribution in [2.24, 2.45) is 11.3 Å². The van der Waals surface area contributed by atoms with E-state index in [9.17, 15) is 9.90 Å². The van der Waals surface area contributed by atoms with Crippen LogP contribution in [-0.4, -0.2) is 11.1 Å². The molecule has 1 aromatic rings. The Balaban J connectivity index is 2.18. The van der Waals surface area contributed by atoms with Gasteiger partial charge in [-0.1, -0.05) is 50.3 Å². The lowest BCUT2D eigenvalue weighted by molar-refractivity contribution is -0.139. The van der Waals surface area contributed by atoms with Gasteiger partial charge >= 0.3 is 5.97 Å². The summed E-state index contributed by atoms with van der Waals surface area (Å²) >= 11 is 0. The van der Waals surface area contributed by atoms with Gasteiger partial charge in [-0.2, -0.15) is 0 Å². The summed E-state index contributed by atoms with van der Waals surface area (Å²) in [5.74, 6) is -0.980. The number of hydrogen-bond donors (Lipinski definition) is 1. The Kier molecular flexibility index (Phi) is 1.55. The van der Waals surface area contributed by atoms with Crippen molar-refractivity contribution in [1.82, 2.24) is 0 Å². The Morgan fingerprint density at radius 2 is 2.00 bits per heavy atom. The van der Waals surface area contributed by atoms with E-state index in [1.165, 1.54) is 11.1 Å². The summed E-state index contributed by atoms with van der Waals surface area (Å²) in [5.41, 5.74) is 1.89. The summed E-state index contributed by atoms with van der Waals surface area (Å²) in [5, 5.41) is 9.31. The average molecular weight is 214 g/mol. The second-order valence-electron chi connectivity index (χ2n) is 5.28. The van der Waals surface area contributed by atoms with E-state index in [1.807, 2.05) is 32.0 Å². The number of allylic oxidation sites excluding steroid dienone is 1. The summed E-state index contributed by atoms with van der Waals surface area (Å²) < 4.78 is 0. The minimum atomic E-state index is -0.689. The second kappa shape index (κ2) is 2.57. The van der Waals surface area contributed by atoms with Crippen molar-refractivity contribution < 1.29 is 9.90 Å². The molecule has 3 rings (SSSR count). The number of benzene rings is 1. The van der Waals surface area contributed by atoms with Crippen molar-refractivity contribution in [1.29, 1.82) is 0 Å². The average Bonchev–Trinajstić information content (AvgIpc) is 2.52. The molecular weight excluding hydrogens is 200 g/mol. The van der Waals surface area contributed by atoms with Gasteiger partial charge in [0, 0.05) is 5.41 Å². The van der Waals surface area contributed by atoms with Gasteiger partial charge in [0.2, 0.25) is 0 Å². The highest BCUT2D eigenvalue weighted by atomic mass is 16.4. The van der Waals surface area contributed by atoms with E-state index in [2.05, 4.69) is 18.2 Å². The molecule has 1 N–H and O–H groups in total. The molecule has 2 aliphatic carbocycles. The van der Waals surface area contributed by atoms with Crippen LogP contribution < -0.4 is 0 Å². The van der Waals surface area contributed by atoms with Crippen molar-refractivity contribution in [2.45, 2.75) is 19.3 Å².